The minimum Gasteiger partial charge on any atom is -0.478 e. The van der Waals surface area contributed by atoms with E-state index >= 15 is 0 Å². The Morgan fingerprint density at radius 1 is 1.38 bits per heavy atom. The molecule has 2 N–H and O–H groups in total. The van der Waals surface area contributed by atoms with Gasteiger partial charge in [-0.25, -0.2) is 17.9 Å². The van der Waals surface area contributed by atoms with Crippen LogP contribution in [0.1, 0.15) is 42.6 Å². The van der Waals surface area contributed by atoms with Gasteiger partial charge in [-0.3, -0.25) is 0 Å². The lowest BCUT2D eigenvalue weighted by molar-refractivity contribution is 0.0696. The molecule has 0 aromatic heterocycles. The molecule has 0 unspecified atom stereocenters. The fourth-order valence-electron chi connectivity index (χ4n) is 1.95. The number of nitrogens with one attached hydrogen (secondary N) is 1. The smallest absolute Gasteiger partial charge is 0.336 e. The summed E-state index contributed by atoms with van der Waals surface area (Å²) in [5.41, 5.74) is 0.0771. The van der Waals surface area contributed by atoms with Crippen molar-refractivity contribution in [2.45, 2.75) is 38.5 Å². The fourth-order valence-corrected chi connectivity index (χ4v) is 3.60. The molecular weight excluding hydrogens is 314 g/mol. The first-order valence-corrected chi connectivity index (χ1v) is 8.54. The molecule has 0 heterocycles. The van der Waals surface area contributed by atoms with Gasteiger partial charge in [-0.2, -0.15) is 0 Å². The molecule has 1 aromatic rings. The molecule has 7 heteroatoms. The topological polar surface area (TPSA) is 83.5 Å². The normalized spacial score (nSPS) is 11.9. The van der Waals surface area contributed by atoms with Gasteiger partial charge in [0.15, 0.2) is 0 Å². The van der Waals surface area contributed by atoms with Gasteiger partial charge in [-0.1, -0.05) is 25.4 Å². The van der Waals surface area contributed by atoms with Crippen molar-refractivity contribution in [2.24, 2.45) is 5.92 Å². The van der Waals surface area contributed by atoms with Gasteiger partial charge in [0.2, 0.25) is 10.0 Å². The van der Waals surface area contributed by atoms with Gasteiger partial charge in [0, 0.05) is 11.6 Å². The van der Waals surface area contributed by atoms with Crippen LogP contribution in [0.3, 0.4) is 0 Å². The van der Waals surface area contributed by atoms with E-state index in [9.17, 15) is 13.2 Å². The zero-order chi connectivity index (χ0) is 16.2. The van der Waals surface area contributed by atoms with Gasteiger partial charge < -0.3 is 5.11 Å². The van der Waals surface area contributed by atoms with Crippen molar-refractivity contribution in [3.05, 3.63) is 28.3 Å². The third-order valence-corrected chi connectivity index (χ3v) is 4.90. The quantitative estimate of drug-likeness (QED) is 0.751. The average molecular weight is 334 g/mol. The summed E-state index contributed by atoms with van der Waals surface area (Å²) in [6.45, 7) is 5.90. The zero-order valence-electron chi connectivity index (χ0n) is 12.3. The molecule has 0 saturated heterocycles. The second-order valence-electron chi connectivity index (χ2n) is 5.32. The van der Waals surface area contributed by atoms with Crippen LogP contribution in [0, 0.1) is 12.8 Å². The number of benzene rings is 1. The first kappa shape index (κ1) is 17.9. The van der Waals surface area contributed by atoms with Crippen LogP contribution in [0.25, 0.3) is 0 Å². The maximum Gasteiger partial charge on any atom is 0.336 e. The third-order valence-electron chi connectivity index (χ3n) is 3.10. The highest BCUT2D eigenvalue weighted by Gasteiger charge is 2.21. The van der Waals surface area contributed by atoms with Crippen molar-refractivity contribution in [3.63, 3.8) is 0 Å². The van der Waals surface area contributed by atoms with Gasteiger partial charge in [0.05, 0.1) is 10.5 Å². The van der Waals surface area contributed by atoms with Gasteiger partial charge in [-0.15, -0.1) is 0 Å². The van der Waals surface area contributed by atoms with Crippen molar-refractivity contribution < 1.29 is 18.3 Å². The van der Waals surface area contributed by atoms with Crippen LogP contribution in [0.5, 0.6) is 0 Å². The van der Waals surface area contributed by atoms with Crippen molar-refractivity contribution in [1.82, 2.24) is 4.72 Å². The maximum atomic E-state index is 12.3. The van der Waals surface area contributed by atoms with Crippen LogP contribution < -0.4 is 4.72 Å². The number of hydrogen-bond donors (Lipinski definition) is 2. The third kappa shape index (κ3) is 4.98. The summed E-state index contributed by atoms with van der Waals surface area (Å²) in [5, 5.41) is 9.17. The molecule has 1 rings (SSSR count). The summed E-state index contributed by atoms with van der Waals surface area (Å²) < 4.78 is 27.0. The van der Waals surface area contributed by atoms with E-state index in [-0.39, 0.29) is 21.0 Å². The Morgan fingerprint density at radius 3 is 2.52 bits per heavy atom. The molecule has 0 spiro atoms. The molecule has 0 aliphatic heterocycles. The van der Waals surface area contributed by atoms with Crippen molar-refractivity contribution >= 4 is 27.6 Å². The van der Waals surface area contributed by atoms with Crippen molar-refractivity contribution in [2.75, 3.05) is 6.54 Å². The van der Waals surface area contributed by atoms with Crippen molar-refractivity contribution in [1.29, 1.82) is 0 Å². The molecule has 21 heavy (non-hydrogen) atoms. The molecule has 0 amide bonds. The molecule has 0 radical (unpaired) electrons. The number of carboxylic acids is 1. The predicted octanol–water partition coefficient (Wildman–Crippen LogP) is 3.06. The zero-order valence-corrected chi connectivity index (χ0v) is 13.9. The number of sulfonamides is 1. The van der Waals surface area contributed by atoms with Gasteiger partial charge in [0.1, 0.15) is 0 Å². The van der Waals surface area contributed by atoms with E-state index in [0.717, 1.165) is 12.8 Å². The van der Waals surface area contributed by atoms with Crippen LogP contribution in [0.4, 0.5) is 0 Å². The van der Waals surface area contributed by atoms with E-state index in [4.69, 9.17) is 16.7 Å². The molecular formula is C14H20ClNO4S. The Balaban J connectivity index is 3.00. The number of carbonyl (C=O) groups is 1. The van der Waals surface area contributed by atoms with Gasteiger partial charge >= 0.3 is 5.97 Å². The number of hydrogen-bond acceptors (Lipinski definition) is 3. The maximum absolute atomic E-state index is 12.3. The summed E-state index contributed by atoms with van der Waals surface area (Å²) in [5.74, 6) is -0.702. The van der Waals surface area contributed by atoms with E-state index in [0.29, 0.717) is 12.5 Å². The minimum absolute atomic E-state index is 0.0838. The predicted molar refractivity (Wildman–Crippen MR) is 82.4 cm³/mol. The minimum atomic E-state index is -3.77. The summed E-state index contributed by atoms with van der Waals surface area (Å²) in [6, 6.07) is 2.52. The van der Waals surface area contributed by atoms with Crippen LogP contribution in [-0.2, 0) is 10.0 Å². The number of carboxylic acid groups (broad SMARTS) is 1. The van der Waals surface area contributed by atoms with E-state index in [1.165, 1.54) is 19.1 Å². The average Bonchev–Trinajstić information content (AvgIpc) is 2.36. The van der Waals surface area contributed by atoms with Crippen LogP contribution in [-0.4, -0.2) is 26.0 Å². The van der Waals surface area contributed by atoms with E-state index in [2.05, 4.69) is 18.6 Å². The molecule has 5 nitrogen and oxygen atoms in total. The van der Waals surface area contributed by atoms with E-state index in [1.54, 1.807) is 0 Å². The number of aromatic carboxylic acids is 1. The Hall–Kier alpha value is -1.11. The van der Waals surface area contributed by atoms with Crippen LogP contribution in [0.15, 0.2) is 17.0 Å². The molecule has 0 atom stereocenters. The fraction of sp³-hybridized carbons (Fsp3) is 0.500. The molecule has 0 aliphatic carbocycles. The summed E-state index contributed by atoms with van der Waals surface area (Å²) in [4.78, 5) is 11.0. The van der Waals surface area contributed by atoms with Gasteiger partial charge in [0.25, 0.3) is 0 Å². The molecule has 118 valence electrons. The van der Waals surface area contributed by atoms with Crippen LogP contribution in [0.2, 0.25) is 5.02 Å². The lowest BCUT2D eigenvalue weighted by Crippen LogP contribution is -2.26. The monoisotopic (exact) mass is 333 g/mol. The summed E-state index contributed by atoms with van der Waals surface area (Å²) in [7, 11) is -3.77. The lowest BCUT2D eigenvalue weighted by atomic mass is 10.1. The highest BCUT2D eigenvalue weighted by molar-refractivity contribution is 7.89. The summed E-state index contributed by atoms with van der Waals surface area (Å²) >= 11 is 5.82. The highest BCUT2D eigenvalue weighted by atomic mass is 35.5. The van der Waals surface area contributed by atoms with E-state index in [1.807, 2.05) is 0 Å². The highest BCUT2D eigenvalue weighted by Crippen LogP contribution is 2.24. The Bertz CT molecular complexity index is 626. The molecule has 0 aliphatic rings. The first-order chi connectivity index (χ1) is 9.65. The largest absolute Gasteiger partial charge is 0.478 e. The van der Waals surface area contributed by atoms with E-state index < -0.39 is 16.0 Å². The Morgan fingerprint density at radius 2 is 2.00 bits per heavy atom. The number of rotatable bonds is 7. The Labute approximate surface area is 130 Å². The van der Waals surface area contributed by atoms with Crippen LogP contribution >= 0.6 is 11.6 Å². The molecule has 0 fully saturated rings. The second kappa shape index (κ2) is 7.24. The second-order valence-corrected chi connectivity index (χ2v) is 7.49. The first-order valence-electron chi connectivity index (χ1n) is 6.68. The van der Waals surface area contributed by atoms with Crippen molar-refractivity contribution in [3.8, 4) is 0 Å². The molecule has 1 aromatic carbocycles. The standard InChI is InChI=1S/C14H20ClNO4S/c1-9(2)5-4-6-16-21(19,20)13-8-11(15)7-12(10(13)3)14(17)18/h7-9,16H,4-6H2,1-3H3,(H,17,18). The summed E-state index contributed by atoms with van der Waals surface area (Å²) in [6.07, 6.45) is 1.64. The Kier molecular flexibility index (Phi) is 6.19. The lowest BCUT2D eigenvalue weighted by Gasteiger charge is -2.12. The molecule has 0 saturated carbocycles. The van der Waals surface area contributed by atoms with Gasteiger partial charge in [-0.05, 0) is 43.4 Å². The SMILES string of the molecule is Cc1c(C(=O)O)cc(Cl)cc1S(=O)(=O)NCCCC(C)C. The number of halogens is 1. The molecule has 0 bridgehead atoms.